The van der Waals surface area contributed by atoms with Gasteiger partial charge in [-0.25, -0.2) is 0 Å². The minimum atomic E-state index is 0.159. The predicted molar refractivity (Wildman–Crippen MR) is 77.2 cm³/mol. The van der Waals surface area contributed by atoms with Crippen LogP contribution in [0.3, 0.4) is 0 Å². The van der Waals surface area contributed by atoms with Crippen molar-refractivity contribution in [1.82, 2.24) is 10.2 Å². The summed E-state index contributed by atoms with van der Waals surface area (Å²) in [7, 11) is 0. The lowest BCUT2D eigenvalue weighted by molar-refractivity contribution is -0.130. The van der Waals surface area contributed by atoms with Gasteiger partial charge in [0, 0.05) is 13.1 Å². The Labute approximate surface area is 112 Å². The molecule has 0 spiro atoms. The molecule has 0 aliphatic carbocycles. The number of nitrogens with zero attached hydrogens (tertiary/aromatic N) is 1. The highest BCUT2D eigenvalue weighted by molar-refractivity contribution is 5.78. The number of nitrogens with one attached hydrogen (secondary N) is 1. The molecule has 18 heavy (non-hydrogen) atoms. The van der Waals surface area contributed by atoms with Crippen LogP contribution in [0.1, 0.15) is 40.5 Å². The van der Waals surface area contributed by atoms with Crippen LogP contribution in [-0.2, 0) is 4.79 Å². The highest BCUT2D eigenvalue weighted by Gasteiger charge is 2.13. The summed E-state index contributed by atoms with van der Waals surface area (Å²) in [5, 5.41) is 2.96. The fourth-order valence-corrected chi connectivity index (χ4v) is 1.54. The lowest BCUT2D eigenvalue weighted by Gasteiger charge is -2.24. The monoisotopic (exact) mass is 252 g/mol. The van der Waals surface area contributed by atoms with Gasteiger partial charge in [-0.2, -0.15) is 0 Å². The molecule has 0 heterocycles. The van der Waals surface area contributed by atoms with Crippen LogP contribution in [0.15, 0.2) is 0 Å². The molecule has 0 aliphatic heterocycles. The molecule has 0 aromatic heterocycles. The Balaban J connectivity index is 4.16. The molecule has 3 heteroatoms. The molecule has 0 saturated carbocycles. The average molecular weight is 252 g/mol. The van der Waals surface area contributed by atoms with Crippen molar-refractivity contribution in [3.63, 3.8) is 0 Å². The molecule has 1 amide bonds. The number of carbonyl (C=O) groups excluding carboxylic acids is 1. The van der Waals surface area contributed by atoms with Gasteiger partial charge in [-0.3, -0.25) is 10.1 Å². The van der Waals surface area contributed by atoms with E-state index in [-0.39, 0.29) is 5.91 Å². The molecule has 3 nitrogen and oxygen atoms in total. The number of hydrogen-bond donors (Lipinski definition) is 1. The third-order valence-electron chi connectivity index (χ3n) is 2.81. The van der Waals surface area contributed by atoms with Crippen molar-refractivity contribution in [2.45, 2.75) is 40.5 Å². The second-order valence-corrected chi connectivity index (χ2v) is 5.55. The summed E-state index contributed by atoms with van der Waals surface area (Å²) in [5.74, 6) is 3.89. The first kappa shape index (κ1) is 17.0. The van der Waals surface area contributed by atoms with Crippen LogP contribution in [-0.4, -0.2) is 37.0 Å². The standard InChI is InChI=1S/C15H28N2O/c1-6-9-16-12-15(18)17(10-7-13(2)3)11-8-14(4)5/h1,13-14,16H,7-12H2,2-5H3. The van der Waals surface area contributed by atoms with E-state index in [0.717, 1.165) is 25.9 Å². The maximum atomic E-state index is 12.0. The van der Waals surface area contributed by atoms with Crippen molar-refractivity contribution in [2.75, 3.05) is 26.2 Å². The maximum absolute atomic E-state index is 12.0. The van der Waals surface area contributed by atoms with Gasteiger partial charge in [-0.15, -0.1) is 6.42 Å². The average Bonchev–Trinajstić information content (AvgIpc) is 2.28. The molecule has 1 N–H and O–H groups in total. The largest absolute Gasteiger partial charge is 0.342 e. The lowest BCUT2D eigenvalue weighted by atomic mass is 10.1. The summed E-state index contributed by atoms with van der Waals surface area (Å²) in [6, 6.07) is 0. The fourth-order valence-electron chi connectivity index (χ4n) is 1.54. The minimum Gasteiger partial charge on any atom is -0.342 e. The Bertz CT molecular complexity index is 254. The third kappa shape index (κ3) is 9.07. The summed E-state index contributed by atoms with van der Waals surface area (Å²) in [6.45, 7) is 11.2. The van der Waals surface area contributed by atoms with Crippen molar-refractivity contribution in [3.8, 4) is 12.3 Å². The SMILES string of the molecule is C#CCNCC(=O)N(CCC(C)C)CCC(C)C. The van der Waals surface area contributed by atoms with Crippen LogP contribution in [0.5, 0.6) is 0 Å². The molecule has 0 aliphatic rings. The van der Waals surface area contributed by atoms with Crippen LogP contribution >= 0.6 is 0 Å². The second-order valence-electron chi connectivity index (χ2n) is 5.55. The summed E-state index contributed by atoms with van der Waals surface area (Å²) in [4.78, 5) is 14.0. The number of terminal acetylenes is 1. The molecule has 0 bridgehead atoms. The van der Waals surface area contributed by atoms with Crippen LogP contribution < -0.4 is 5.32 Å². The molecule has 0 saturated heterocycles. The molecule has 0 rings (SSSR count). The van der Waals surface area contributed by atoms with Gasteiger partial charge >= 0.3 is 0 Å². The smallest absolute Gasteiger partial charge is 0.236 e. The Morgan fingerprint density at radius 2 is 1.67 bits per heavy atom. The Hall–Kier alpha value is -1.01. The normalized spacial score (nSPS) is 10.7. The van der Waals surface area contributed by atoms with Crippen molar-refractivity contribution >= 4 is 5.91 Å². The number of hydrogen-bond acceptors (Lipinski definition) is 2. The summed E-state index contributed by atoms with van der Waals surface area (Å²) >= 11 is 0. The van der Waals surface area contributed by atoms with Gasteiger partial charge in [-0.1, -0.05) is 33.6 Å². The molecule has 0 radical (unpaired) electrons. The highest BCUT2D eigenvalue weighted by Crippen LogP contribution is 2.06. The highest BCUT2D eigenvalue weighted by atomic mass is 16.2. The minimum absolute atomic E-state index is 0.159. The molecular formula is C15H28N2O. The number of amides is 1. The van der Waals surface area contributed by atoms with Crippen LogP contribution in [0.25, 0.3) is 0 Å². The van der Waals surface area contributed by atoms with E-state index in [1.165, 1.54) is 0 Å². The molecule has 0 atom stereocenters. The molecule has 0 aromatic rings. The molecule has 0 unspecified atom stereocenters. The Morgan fingerprint density at radius 1 is 1.17 bits per heavy atom. The Kier molecular flexibility index (Phi) is 9.40. The molecule has 104 valence electrons. The van der Waals surface area contributed by atoms with Gasteiger partial charge in [0.1, 0.15) is 0 Å². The van der Waals surface area contributed by atoms with Crippen molar-refractivity contribution in [1.29, 1.82) is 0 Å². The van der Waals surface area contributed by atoms with Crippen LogP contribution in [0.4, 0.5) is 0 Å². The first-order chi connectivity index (χ1) is 8.47. The van der Waals surface area contributed by atoms with E-state index in [9.17, 15) is 4.79 Å². The summed E-state index contributed by atoms with van der Waals surface area (Å²) in [5.41, 5.74) is 0. The van der Waals surface area contributed by atoms with Gasteiger partial charge in [0.15, 0.2) is 0 Å². The van der Waals surface area contributed by atoms with E-state index in [2.05, 4.69) is 38.9 Å². The van der Waals surface area contributed by atoms with E-state index in [4.69, 9.17) is 6.42 Å². The van der Waals surface area contributed by atoms with Gasteiger partial charge in [-0.05, 0) is 24.7 Å². The maximum Gasteiger partial charge on any atom is 0.236 e. The van der Waals surface area contributed by atoms with Crippen molar-refractivity contribution in [3.05, 3.63) is 0 Å². The van der Waals surface area contributed by atoms with Crippen LogP contribution in [0, 0.1) is 24.2 Å². The van der Waals surface area contributed by atoms with Gasteiger partial charge < -0.3 is 4.90 Å². The first-order valence-corrected chi connectivity index (χ1v) is 6.89. The summed E-state index contributed by atoms with van der Waals surface area (Å²) in [6.07, 6.45) is 7.26. The zero-order valence-corrected chi connectivity index (χ0v) is 12.3. The second kappa shape index (κ2) is 9.96. The van der Waals surface area contributed by atoms with Crippen molar-refractivity contribution < 1.29 is 4.79 Å². The fraction of sp³-hybridized carbons (Fsp3) is 0.800. The predicted octanol–water partition coefficient (Wildman–Crippen LogP) is 2.13. The zero-order chi connectivity index (χ0) is 14.0. The quantitative estimate of drug-likeness (QED) is 0.503. The van der Waals surface area contributed by atoms with E-state index in [0.29, 0.717) is 24.9 Å². The zero-order valence-electron chi connectivity index (χ0n) is 12.3. The first-order valence-electron chi connectivity index (χ1n) is 6.89. The Morgan fingerprint density at radius 3 is 2.06 bits per heavy atom. The topological polar surface area (TPSA) is 32.3 Å². The van der Waals surface area contributed by atoms with Gasteiger partial charge in [0.2, 0.25) is 5.91 Å². The third-order valence-corrected chi connectivity index (χ3v) is 2.81. The van der Waals surface area contributed by atoms with Gasteiger partial charge in [0.25, 0.3) is 0 Å². The molecule has 0 aromatic carbocycles. The lowest BCUT2D eigenvalue weighted by Crippen LogP contribution is -2.40. The summed E-state index contributed by atoms with van der Waals surface area (Å²) < 4.78 is 0. The van der Waals surface area contributed by atoms with Crippen molar-refractivity contribution in [2.24, 2.45) is 11.8 Å². The number of carbonyl (C=O) groups is 1. The number of rotatable bonds is 9. The van der Waals surface area contributed by atoms with Gasteiger partial charge in [0.05, 0.1) is 13.1 Å². The van der Waals surface area contributed by atoms with E-state index >= 15 is 0 Å². The molecular weight excluding hydrogens is 224 g/mol. The van der Waals surface area contributed by atoms with E-state index < -0.39 is 0 Å². The van der Waals surface area contributed by atoms with E-state index in [1.54, 1.807) is 0 Å². The van der Waals surface area contributed by atoms with E-state index in [1.807, 2.05) is 4.90 Å². The molecule has 0 fully saturated rings. The van der Waals surface area contributed by atoms with Crippen LogP contribution in [0.2, 0.25) is 0 Å².